The van der Waals surface area contributed by atoms with Gasteiger partial charge in [-0.25, -0.2) is 0 Å². The van der Waals surface area contributed by atoms with Crippen molar-refractivity contribution in [2.45, 2.75) is 110 Å². The summed E-state index contributed by atoms with van der Waals surface area (Å²) in [6, 6.07) is -0.0670. The van der Waals surface area contributed by atoms with E-state index in [0.29, 0.717) is 18.8 Å². The van der Waals surface area contributed by atoms with Crippen molar-refractivity contribution in [1.82, 2.24) is 5.32 Å². The van der Waals surface area contributed by atoms with Gasteiger partial charge in [-0.1, -0.05) is 44.1 Å². The summed E-state index contributed by atoms with van der Waals surface area (Å²) in [5.41, 5.74) is 0.962. The second kappa shape index (κ2) is 9.07. The summed E-state index contributed by atoms with van der Waals surface area (Å²) in [7, 11) is 0. The Bertz CT molecular complexity index is 892. The molecule has 0 aromatic rings. The third-order valence-electron chi connectivity index (χ3n) is 8.07. The van der Waals surface area contributed by atoms with Crippen molar-refractivity contribution in [3.8, 4) is 0 Å². The van der Waals surface area contributed by atoms with E-state index in [1.54, 1.807) is 13.8 Å². The Kier molecular flexibility index (Phi) is 6.77. The van der Waals surface area contributed by atoms with E-state index in [-0.39, 0.29) is 36.1 Å². The summed E-state index contributed by atoms with van der Waals surface area (Å²) in [6.45, 7) is 14.1. The minimum absolute atomic E-state index is 0.0670. The van der Waals surface area contributed by atoms with Crippen LogP contribution in [0, 0.1) is 23.7 Å². The normalized spacial score (nSPS) is 42.3. The molecule has 0 bridgehead atoms. The molecular formula is C27H41NO6. The van der Waals surface area contributed by atoms with Crippen LogP contribution in [0.2, 0.25) is 0 Å². The molecule has 1 amide bonds. The van der Waals surface area contributed by atoms with Crippen LogP contribution >= 0.6 is 0 Å². The Balaban J connectivity index is 1.78. The highest BCUT2D eigenvalue weighted by Crippen LogP contribution is 2.51. The van der Waals surface area contributed by atoms with E-state index in [2.05, 4.69) is 45.2 Å². The molecule has 0 saturated carbocycles. The molecule has 34 heavy (non-hydrogen) atoms. The summed E-state index contributed by atoms with van der Waals surface area (Å²) in [5.74, 6) is -1.65. The van der Waals surface area contributed by atoms with Crippen molar-refractivity contribution in [2.75, 3.05) is 0 Å². The number of fused-ring (bicyclic) bond motifs is 1. The number of allylic oxidation sites excluding steroid dienone is 2. The van der Waals surface area contributed by atoms with Crippen LogP contribution in [0.5, 0.6) is 0 Å². The van der Waals surface area contributed by atoms with Gasteiger partial charge >= 0.3 is 5.97 Å². The number of ether oxygens (including phenoxy) is 3. The van der Waals surface area contributed by atoms with Gasteiger partial charge in [-0.2, -0.15) is 0 Å². The first-order valence-corrected chi connectivity index (χ1v) is 12.8. The number of amides is 1. The molecule has 3 aliphatic heterocycles. The maximum Gasteiger partial charge on any atom is 0.309 e. The fraction of sp³-hybridized carbons (Fsp3) is 0.778. The number of hydrogen-bond donors (Lipinski definition) is 2. The molecule has 2 N–H and O–H groups in total. The van der Waals surface area contributed by atoms with E-state index in [9.17, 15) is 14.7 Å². The monoisotopic (exact) mass is 475 g/mol. The minimum atomic E-state index is -1.29. The summed E-state index contributed by atoms with van der Waals surface area (Å²) in [5, 5.41) is 14.1. The Morgan fingerprint density at radius 1 is 1.18 bits per heavy atom. The van der Waals surface area contributed by atoms with Crippen molar-refractivity contribution in [2.24, 2.45) is 23.7 Å². The van der Waals surface area contributed by atoms with Gasteiger partial charge < -0.3 is 24.6 Å². The van der Waals surface area contributed by atoms with E-state index < -0.39 is 35.7 Å². The van der Waals surface area contributed by atoms with E-state index in [1.807, 2.05) is 6.92 Å². The smallest absolute Gasteiger partial charge is 0.309 e. The molecule has 2 fully saturated rings. The van der Waals surface area contributed by atoms with Crippen LogP contribution in [-0.4, -0.2) is 52.7 Å². The highest BCUT2D eigenvalue weighted by Gasteiger charge is 2.64. The number of esters is 1. The van der Waals surface area contributed by atoms with Crippen LogP contribution in [0.15, 0.2) is 23.3 Å². The van der Waals surface area contributed by atoms with Crippen molar-refractivity contribution in [3.05, 3.63) is 23.3 Å². The van der Waals surface area contributed by atoms with E-state index in [1.165, 1.54) is 5.57 Å². The molecule has 2 saturated heterocycles. The number of carbonyl (C=O) groups excluding carboxylic acids is 2. The first-order valence-electron chi connectivity index (χ1n) is 12.8. The molecule has 7 nitrogen and oxygen atoms in total. The standard InChI is InChI=1S/C27H41NO6/c1-14(2)10-19-23-17(5)16(4)12-18-11-15(3)8-9-20(29)24-21(32-26(6,7)34-24)13-22(30)33-27(18,23)25(31)28-19/h11-12,14,17-21,23-24,29H,8-10,13H2,1-7H3,(H,28,31). The minimum Gasteiger partial charge on any atom is -0.447 e. The van der Waals surface area contributed by atoms with Gasteiger partial charge in [0.1, 0.15) is 12.2 Å². The molecule has 1 aliphatic carbocycles. The van der Waals surface area contributed by atoms with Gasteiger partial charge in [0.15, 0.2) is 5.79 Å². The van der Waals surface area contributed by atoms with Crippen LogP contribution in [0.25, 0.3) is 0 Å². The summed E-state index contributed by atoms with van der Waals surface area (Å²) in [4.78, 5) is 27.2. The summed E-state index contributed by atoms with van der Waals surface area (Å²) in [6.07, 6.45) is 4.02. The topological polar surface area (TPSA) is 94.1 Å². The highest BCUT2D eigenvalue weighted by atomic mass is 16.8. The van der Waals surface area contributed by atoms with E-state index in [0.717, 1.165) is 12.0 Å². The molecule has 1 spiro atoms. The van der Waals surface area contributed by atoms with Crippen molar-refractivity contribution in [3.63, 3.8) is 0 Å². The van der Waals surface area contributed by atoms with Crippen LogP contribution in [0.1, 0.15) is 74.1 Å². The Labute approximate surface area is 203 Å². The zero-order valence-corrected chi connectivity index (χ0v) is 21.6. The molecule has 0 radical (unpaired) electrons. The quantitative estimate of drug-likeness (QED) is 0.468. The number of carbonyl (C=O) groups is 2. The van der Waals surface area contributed by atoms with Gasteiger partial charge in [0.05, 0.1) is 12.5 Å². The number of hydrogen-bond acceptors (Lipinski definition) is 6. The van der Waals surface area contributed by atoms with Crippen LogP contribution < -0.4 is 5.32 Å². The average Bonchev–Trinajstić information content (AvgIpc) is 3.16. The lowest BCUT2D eigenvalue weighted by Crippen LogP contribution is -2.56. The Hall–Kier alpha value is -1.70. The molecule has 7 heteroatoms. The van der Waals surface area contributed by atoms with E-state index >= 15 is 0 Å². The molecule has 8 unspecified atom stereocenters. The first kappa shape index (κ1) is 25.4. The van der Waals surface area contributed by atoms with E-state index in [4.69, 9.17) is 14.2 Å². The molecule has 3 heterocycles. The molecule has 0 aromatic heterocycles. The lowest BCUT2D eigenvalue weighted by atomic mass is 9.63. The van der Waals surface area contributed by atoms with Gasteiger partial charge in [0, 0.05) is 17.9 Å². The largest absolute Gasteiger partial charge is 0.447 e. The number of nitrogens with one attached hydrogen (secondary N) is 1. The molecule has 190 valence electrons. The van der Waals surface area contributed by atoms with Crippen LogP contribution in [0.4, 0.5) is 0 Å². The summed E-state index contributed by atoms with van der Waals surface area (Å²) < 4.78 is 18.3. The van der Waals surface area contributed by atoms with Gasteiger partial charge in [0.25, 0.3) is 5.91 Å². The highest BCUT2D eigenvalue weighted by molar-refractivity contribution is 5.92. The van der Waals surface area contributed by atoms with Gasteiger partial charge in [0.2, 0.25) is 5.60 Å². The molecule has 0 aromatic carbocycles. The van der Waals surface area contributed by atoms with Crippen molar-refractivity contribution >= 4 is 11.9 Å². The fourth-order valence-corrected chi connectivity index (χ4v) is 6.50. The predicted octanol–water partition coefficient (Wildman–Crippen LogP) is 3.65. The first-order chi connectivity index (χ1) is 15.8. The number of aliphatic hydroxyl groups is 1. The van der Waals surface area contributed by atoms with Gasteiger partial charge in [-0.15, -0.1) is 0 Å². The second-order valence-electron chi connectivity index (χ2n) is 11.7. The maximum atomic E-state index is 13.7. The van der Waals surface area contributed by atoms with Crippen molar-refractivity contribution in [1.29, 1.82) is 0 Å². The predicted molar refractivity (Wildman–Crippen MR) is 128 cm³/mol. The average molecular weight is 476 g/mol. The molecule has 8 atom stereocenters. The van der Waals surface area contributed by atoms with Crippen LogP contribution in [0.3, 0.4) is 0 Å². The maximum absolute atomic E-state index is 13.7. The molecular weight excluding hydrogens is 434 g/mol. The third kappa shape index (κ3) is 4.47. The zero-order valence-electron chi connectivity index (χ0n) is 21.6. The van der Waals surface area contributed by atoms with Gasteiger partial charge in [-0.05, 0) is 58.8 Å². The number of aliphatic hydroxyl groups excluding tert-OH is 1. The lowest BCUT2D eigenvalue weighted by molar-refractivity contribution is -0.180. The Morgan fingerprint density at radius 2 is 1.88 bits per heavy atom. The summed E-state index contributed by atoms with van der Waals surface area (Å²) >= 11 is 0. The van der Waals surface area contributed by atoms with Gasteiger partial charge in [-0.3, -0.25) is 9.59 Å². The molecule has 4 aliphatic rings. The lowest BCUT2D eigenvalue weighted by Gasteiger charge is -2.45. The molecule has 4 rings (SSSR count). The Morgan fingerprint density at radius 3 is 2.56 bits per heavy atom. The number of rotatable bonds is 2. The fourth-order valence-electron chi connectivity index (χ4n) is 6.50. The third-order valence-corrected chi connectivity index (χ3v) is 8.07. The second-order valence-corrected chi connectivity index (χ2v) is 11.7. The van der Waals surface area contributed by atoms with Crippen LogP contribution in [-0.2, 0) is 23.8 Å². The van der Waals surface area contributed by atoms with Crippen molar-refractivity contribution < 1.29 is 28.9 Å². The zero-order chi connectivity index (χ0) is 25.0. The SMILES string of the molecule is CC1=CC2C=C(C)C(C)C3C(CC(C)C)NC(=O)C23OC(=O)CC2OC(C)(C)OC2C(O)CC1.